The molecule has 0 aliphatic heterocycles. The molecule has 0 bridgehead atoms. The molecule has 0 aromatic carbocycles. The Hall–Kier alpha value is -3.74. The van der Waals surface area contributed by atoms with Gasteiger partial charge in [0.1, 0.15) is 21.9 Å². The van der Waals surface area contributed by atoms with Crippen LogP contribution >= 0.6 is 11.3 Å². The molecule has 9 nitrogen and oxygen atoms in total. The lowest BCUT2D eigenvalue weighted by Crippen LogP contribution is -2.21. The van der Waals surface area contributed by atoms with Crippen molar-refractivity contribution in [1.29, 1.82) is 0 Å². The number of aromatic nitrogens is 5. The van der Waals surface area contributed by atoms with E-state index in [1.165, 1.54) is 10.9 Å². The summed E-state index contributed by atoms with van der Waals surface area (Å²) < 4.78 is 44.0. The summed E-state index contributed by atoms with van der Waals surface area (Å²) in [6.45, 7) is 5.69. The van der Waals surface area contributed by atoms with Crippen LogP contribution in [-0.4, -0.2) is 36.4 Å². The number of nitrogens with one attached hydrogen (secondary N) is 1. The third kappa shape index (κ3) is 4.25. The molecule has 3 N–H and O–H groups in total. The number of alkyl halides is 3. The van der Waals surface area contributed by atoms with E-state index in [0.717, 1.165) is 6.07 Å². The normalized spacial score (nSPS) is 11.8. The number of fused-ring (bicyclic) bond motifs is 1. The lowest BCUT2D eigenvalue weighted by molar-refractivity contribution is -0.140. The summed E-state index contributed by atoms with van der Waals surface area (Å²) in [4.78, 5) is 28.5. The molecule has 0 saturated carbocycles. The van der Waals surface area contributed by atoms with Crippen LogP contribution in [0.2, 0.25) is 0 Å². The number of rotatable bonds is 6. The van der Waals surface area contributed by atoms with Crippen molar-refractivity contribution in [2.75, 3.05) is 5.32 Å². The van der Waals surface area contributed by atoms with Crippen molar-refractivity contribution >= 4 is 39.1 Å². The fraction of sp³-hybridized carbons (Fsp3) is 0.286. The predicted octanol–water partition coefficient (Wildman–Crippen LogP) is 3.75. The molecule has 0 aliphatic rings. The van der Waals surface area contributed by atoms with E-state index >= 15 is 0 Å². The quantitative estimate of drug-likeness (QED) is 0.426. The van der Waals surface area contributed by atoms with Gasteiger partial charge in [-0.2, -0.15) is 23.4 Å². The van der Waals surface area contributed by atoms with Crippen LogP contribution in [0.1, 0.15) is 33.7 Å². The Balaban J connectivity index is 1.93. The van der Waals surface area contributed by atoms with Crippen molar-refractivity contribution in [3.05, 3.63) is 46.5 Å². The van der Waals surface area contributed by atoms with Crippen molar-refractivity contribution < 1.29 is 22.8 Å². The fourth-order valence-electron chi connectivity index (χ4n) is 3.66. The van der Waals surface area contributed by atoms with Gasteiger partial charge in [-0.15, -0.1) is 11.3 Å². The van der Waals surface area contributed by atoms with Crippen LogP contribution in [0.25, 0.3) is 21.3 Å². The minimum atomic E-state index is -4.73. The smallest absolute Gasteiger partial charge is 0.365 e. The van der Waals surface area contributed by atoms with E-state index in [9.17, 15) is 22.8 Å². The Morgan fingerprint density at radius 3 is 2.53 bits per heavy atom. The Morgan fingerprint density at radius 1 is 1.24 bits per heavy atom. The molecule has 34 heavy (non-hydrogen) atoms. The minimum Gasteiger partial charge on any atom is -0.365 e. The van der Waals surface area contributed by atoms with Gasteiger partial charge < -0.3 is 11.1 Å². The number of amides is 2. The van der Waals surface area contributed by atoms with E-state index in [-0.39, 0.29) is 32.9 Å². The SMILES string of the molecule is CCn1ncc(-c2cc(C(F)(F)F)nc3sc(C(N)=O)c(NC(=O)Cn4ccc(C)n4)c23)c1C. The zero-order chi connectivity index (χ0) is 24.8. The van der Waals surface area contributed by atoms with Gasteiger partial charge in [-0.3, -0.25) is 19.0 Å². The molecule has 4 aromatic rings. The summed E-state index contributed by atoms with van der Waals surface area (Å²) in [5, 5.41) is 11.2. The van der Waals surface area contributed by atoms with Crippen molar-refractivity contribution in [2.24, 2.45) is 5.73 Å². The van der Waals surface area contributed by atoms with Gasteiger partial charge in [0.2, 0.25) is 5.91 Å². The van der Waals surface area contributed by atoms with E-state index in [4.69, 9.17) is 5.73 Å². The van der Waals surface area contributed by atoms with Crippen LogP contribution < -0.4 is 11.1 Å². The highest BCUT2D eigenvalue weighted by molar-refractivity contribution is 7.21. The monoisotopic (exact) mass is 491 g/mol. The van der Waals surface area contributed by atoms with Gasteiger partial charge in [0.15, 0.2) is 0 Å². The standard InChI is InChI=1S/C21H20F3N7O2S/c1-4-31-11(3)13(8-26-31)12-7-14(21(22,23)24)27-20-16(12)17(18(34-20)19(25)33)28-15(32)9-30-6-5-10(2)29-30/h5-8H,4,9H2,1-3H3,(H2,25,33)(H,28,32). The Bertz CT molecular complexity index is 1420. The number of carbonyl (C=O) groups excluding carboxylic acids is 2. The van der Waals surface area contributed by atoms with Crippen LogP contribution in [-0.2, 0) is 24.1 Å². The van der Waals surface area contributed by atoms with Crippen LogP contribution in [0, 0.1) is 13.8 Å². The number of primary amides is 1. The first-order chi connectivity index (χ1) is 16.0. The predicted molar refractivity (Wildman–Crippen MR) is 120 cm³/mol. The molecule has 13 heteroatoms. The maximum absolute atomic E-state index is 13.7. The highest BCUT2D eigenvalue weighted by Crippen LogP contribution is 2.44. The summed E-state index contributed by atoms with van der Waals surface area (Å²) in [6, 6.07) is 2.62. The van der Waals surface area contributed by atoms with Gasteiger partial charge in [-0.25, -0.2) is 4.98 Å². The highest BCUT2D eigenvalue weighted by Gasteiger charge is 2.35. The number of nitrogens with zero attached hydrogens (tertiary/aromatic N) is 5. The third-order valence-corrected chi connectivity index (χ3v) is 6.31. The molecule has 4 heterocycles. The molecule has 0 fully saturated rings. The molecule has 2 amide bonds. The van der Waals surface area contributed by atoms with Crippen molar-refractivity contribution in [1.82, 2.24) is 24.5 Å². The Morgan fingerprint density at radius 2 is 1.97 bits per heavy atom. The van der Waals surface area contributed by atoms with Gasteiger partial charge in [-0.05, 0) is 38.5 Å². The maximum Gasteiger partial charge on any atom is 0.433 e. The average Bonchev–Trinajstić information content (AvgIpc) is 3.43. The first kappa shape index (κ1) is 23.4. The highest BCUT2D eigenvalue weighted by atomic mass is 32.1. The largest absolute Gasteiger partial charge is 0.433 e. The molecule has 0 saturated heterocycles. The summed E-state index contributed by atoms with van der Waals surface area (Å²) >= 11 is 0.692. The summed E-state index contributed by atoms with van der Waals surface area (Å²) in [7, 11) is 0. The van der Waals surface area contributed by atoms with Crippen LogP contribution in [0.15, 0.2) is 24.5 Å². The zero-order valence-corrected chi connectivity index (χ0v) is 19.2. The molecular weight excluding hydrogens is 471 g/mol. The second-order valence-corrected chi connectivity index (χ2v) is 8.56. The first-order valence-electron chi connectivity index (χ1n) is 10.2. The lowest BCUT2D eigenvalue weighted by Gasteiger charge is -2.12. The number of nitrogens with two attached hydrogens (primary N) is 1. The minimum absolute atomic E-state index is 0.0150. The van der Waals surface area contributed by atoms with E-state index in [1.54, 1.807) is 30.8 Å². The molecule has 4 rings (SSSR count). The lowest BCUT2D eigenvalue weighted by atomic mass is 10.0. The molecule has 178 valence electrons. The molecule has 0 spiro atoms. The number of pyridine rings is 1. The van der Waals surface area contributed by atoms with Crippen LogP contribution in [0.5, 0.6) is 0 Å². The number of anilines is 1. The molecular formula is C21H20F3N7O2S. The van der Waals surface area contributed by atoms with Gasteiger partial charge >= 0.3 is 6.18 Å². The van der Waals surface area contributed by atoms with Crippen LogP contribution in [0.4, 0.5) is 18.9 Å². The van der Waals surface area contributed by atoms with Crippen molar-refractivity contribution in [2.45, 2.75) is 40.0 Å². The summed E-state index contributed by atoms with van der Waals surface area (Å²) in [5.41, 5.74) is 6.30. The van der Waals surface area contributed by atoms with Gasteiger partial charge in [0.05, 0.1) is 17.6 Å². The van der Waals surface area contributed by atoms with E-state index in [0.29, 0.717) is 34.8 Å². The first-order valence-corrected chi connectivity index (χ1v) is 11.0. The van der Waals surface area contributed by atoms with Crippen molar-refractivity contribution in [3.8, 4) is 11.1 Å². The second-order valence-electron chi connectivity index (χ2n) is 7.57. The average molecular weight is 491 g/mol. The number of hydrogen-bond acceptors (Lipinski definition) is 6. The third-order valence-electron chi connectivity index (χ3n) is 5.21. The Labute approximate surface area is 195 Å². The molecule has 0 unspecified atom stereocenters. The van der Waals surface area contributed by atoms with Gasteiger partial charge in [0, 0.05) is 29.4 Å². The van der Waals surface area contributed by atoms with E-state index in [2.05, 4.69) is 20.5 Å². The second kappa shape index (κ2) is 8.56. The van der Waals surface area contributed by atoms with Crippen molar-refractivity contribution in [3.63, 3.8) is 0 Å². The zero-order valence-electron chi connectivity index (χ0n) is 18.4. The van der Waals surface area contributed by atoms with E-state index < -0.39 is 23.7 Å². The number of thiophene rings is 1. The topological polar surface area (TPSA) is 121 Å². The van der Waals surface area contributed by atoms with E-state index in [1.807, 2.05) is 6.92 Å². The molecule has 4 aromatic heterocycles. The number of carbonyl (C=O) groups is 2. The number of hydrogen-bond donors (Lipinski definition) is 2. The summed E-state index contributed by atoms with van der Waals surface area (Å²) in [6.07, 6.45) is -1.66. The van der Waals surface area contributed by atoms with Crippen LogP contribution in [0.3, 0.4) is 0 Å². The maximum atomic E-state index is 13.7. The molecule has 0 aliphatic carbocycles. The number of halogens is 3. The van der Waals surface area contributed by atoms with Gasteiger partial charge in [-0.1, -0.05) is 0 Å². The number of aryl methyl sites for hydroxylation is 2. The molecule has 0 radical (unpaired) electrons. The molecule has 0 atom stereocenters. The Kier molecular flexibility index (Phi) is 5.89. The fourth-order valence-corrected chi connectivity index (χ4v) is 4.66. The van der Waals surface area contributed by atoms with Gasteiger partial charge in [0.25, 0.3) is 5.91 Å². The summed E-state index contributed by atoms with van der Waals surface area (Å²) in [5.74, 6) is -1.43.